The lowest BCUT2D eigenvalue weighted by Gasteiger charge is -2.06. The molecule has 2 aromatic carbocycles. The number of rotatable bonds is 4. The Morgan fingerprint density at radius 3 is 1.39 bits per heavy atom. The summed E-state index contributed by atoms with van der Waals surface area (Å²) in [5, 5.41) is 17.3. The lowest BCUT2D eigenvalue weighted by atomic mass is 10.1. The van der Waals surface area contributed by atoms with E-state index < -0.39 is 18.7 Å². The molecule has 112 valence electrons. The Morgan fingerprint density at radius 1 is 0.739 bits per heavy atom. The van der Waals surface area contributed by atoms with Gasteiger partial charge in [-0.2, -0.15) is 10.5 Å². The summed E-state index contributed by atoms with van der Waals surface area (Å²) in [7, 11) is 0. The Kier molecular flexibility index (Phi) is 5.06. The molecule has 6 nitrogen and oxygen atoms in total. The van der Waals surface area contributed by atoms with E-state index in [1.165, 1.54) is 48.5 Å². The second kappa shape index (κ2) is 7.39. The van der Waals surface area contributed by atoms with Crippen molar-refractivity contribution in [1.82, 2.24) is 0 Å². The Morgan fingerprint density at radius 2 is 1.09 bits per heavy atom. The van der Waals surface area contributed by atoms with Gasteiger partial charge in [0, 0.05) is 0 Å². The molecule has 0 radical (unpaired) electrons. The first-order valence-corrected chi connectivity index (χ1v) is 6.48. The number of hydrogen-bond donors (Lipinski definition) is 0. The SMILES string of the molecule is N#Cc1ccc(C(=O)OCOC(=O)c2ccc(C#N)cc2)cc1. The zero-order chi connectivity index (χ0) is 16.7. The van der Waals surface area contributed by atoms with Crippen molar-refractivity contribution in [3.63, 3.8) is 0 Å². The van der Waals surface area contributed by atoms with Gasteiger partial charge in [-0.05, 0) is 48.5 Å². The van der Waals surface area contributed by atoms with Crippen LogP contribution in [0.5, 0.6) is 0 Å². The summed E-state index contributed by atoms with van der Waals surface area (Å²) in [6.45, 7) is -0.530. The Balaban J connectivity index is 1.86. The average molecular weight is 306 g/mol. The molecule has 0 aliphatic heterocycles. The first kappa shape index (κ1) is 15.7. The number of nitrogens with zero attached hydrogens (tertiary/aromatic N) is 2. The fraction of sp³-hybridized carbons (Fsp3) is 0.0588. The molecule has 0 amide bonds. The maximum Gasteiger partial charge on any atom is 0.341 e. The number of carbonyl (C=O) groups excluding carboxylic acids is 2. The lowest BCUT2D eigenvalue weighted by molar-refractivity contribution is -0.0167. The monoisotopic (exact) mass is 306 g/mol. The summed E-state index contributed by atoms with van der Waals surface area (Å²) >= 11 is 0. The van der Waals surface area contributed by atoms with Crippen molar-refractivity contribution in [3.05, 3.63) is 70.8 Å². The van der Waals surface area contributed by atoms with Crippen LogP contribution in [0.15, 0.2) is 48.5 Å². The van der Waals surface area contributed by atoms with E-state index in [2.05, 4.69) is 0 Å². The zero-order valence-electron chi connectivity index (χ0n) is 11.9. The minimum atomic E-state index is -0.665. The van der Waals surface area contributed by atoms with Crippen molar-refractivity contribution in [2.75, 3.05) is 6.79 Å². The van der Waals surface area contributed by atoms with Gasteiger partial charge in [-0.15, -0.1) is 0 Å². The fourth-order valence-electron chi connectivity index (χ4n) is 1.66. The minimum absolute atomic E-state index is 0.249. The summed E-state index contributed by atoms with van der Waals surface area (Å²) in [4.78, 5) is 23.4. The maximum absolute atomic E-state index is 11.7. The van der Waals surface area contributed by atoms with Crippen LogP contribution in [0.1, 0.15) is 31.8 Å². The smallest absolute Gasteiger partial charge is 0.341 e. The molecule has 0 N–H and O–H groups in total. The standard InChI is InChI=1S/C17H10N2O4/c18-9-12-1-5-14(6-2-12)16(20)22-11-23-17(21)15-7-3-13(10-19)4-8-15/h1-8H,11H2. The molecule has 0 spiro atoms. The predicted molar refractivity (Wildman–Crippen MR) is 78.0 cm³/mol. The fourth-order valence-corrected chi connectivity index (χ4v) is 1.66. The molecule has 6 heteroatoms. The highest BCUT2D eigenvalue weighted by Gasteiger charge is 2.10. The number of benzene rings is 2. The second-order valence-electron chi connectivity index (χ2n) is 4.36. The zero-order valence-corrected chi connectivity index (χ0v) is 11.9. The number of hydrogen-bond acceptors (Lipinski definition) is 6. The van der Waals surface area contributed by atoms with Gasteiger partial charge in [0.05, 0.1) is 34.4 Å². The number of esters is 2. The number of nitriles is 2. The molecule has 0 aliphatic carbocycles. The third kappa shape index (κ3) is 4.16. The summed E-state index contributed by atoms with van der Waals surface area (Å²) in [6, 6.07) is 15.6. The number of carbonyl (C=O) groups is 2. The quantitative estimate of drug-likeness (QED) is 0.635. The van der Waals surface area contributed by atoms with E-state index in [0.29, 0.717) is 11.1 Å². The summed E-state index contributed by atoms with van der Waals surface area (Å²) in [5.41, 5.74) is 1.35. The van der Waals surface area contributed by atoms with Gasteiger partial charge in [0.2, 0.25) is 6.79 Å². The number of ether oxygens (including phenoxy) is 2. The third-order valence-electron chi connectivity index (χ3n) is 2.88. The Hall–Kier alpha value is -3.64. The van der Waals surface area contributed by atoms with Crippen molar-refractivity contribution >= 4 is 11.9 Å². The van der Waals surface area contributed by atoms with E-state index in [9.17, 15) is 9.59 Å². The van der Waals surface area contributed by atoms with Gasteiger partial charge < -0.3 is 9.47 Å². The van der Waals surface area contributed by atoms with Crippen LogP contribution in [0, 0.1) is 22.7 Å². The van der Waals surface area contributed by atoms with Crippen molar-refractivity contribution in [3.8, 4) is 12.1 Å². The van der Waals surface area contributed by atoms with Crippen molar-refractivity contribution in [2.24, 2.45) is 0 Å². The molecule has 0 aromatic heterocycles. The molecule has 0 saturated heterocycles. The first-order chi connectivity index (χ1) is 11.1. The van der Waals surface area contributed by atoms with Gasteiger partial charge in [-0.3, -0.25) is 0 Å². The summed E-state index contributed by atoms with van der Waals surface area (Å²) in [5.74, 6) is -1.33. The summed E-state index contributed by atoms with van der Waals surface area (Å²) < 4.78 is 9.64. The molecule has 2 aromatic rings. The summed E-state index contributed by atoms with van der Waals surface area (Å²) in [6.07, 6.45) is 0. The topological polar surface area (TPSA) is 100 Å². The van der Waals surface area contributed by atoms with Gasteiger partial charge in [-0.1, -0.05) is 0 Å². The van der Waals surface area contributed by atoms with Crippen LogP contribution in [0.25, 0.3) is 0 Å². The lowest BCUT2D eigenvalue weighted by Crippen LogP contribution is -2.13. The van der Waals surface area contributed by atoms with Gasteiger partial charge in [0.1, 0.15) is 0 Å². The van der Waals surface area contributed by atoms with E-state index in [-0.39, 0.29) is 11.1 Å². The molecule has 0 bridgehead atoms. The molecule has 0 heterocycles. The average Bonchev–Trinajstić information content (AvgIpc) is 2.61. The molecule has 0 unspecified atom stereocenters. The molecule has 0 aliphatic rings. The predicted octanol–water partition coefficient (Wildman–Crippen LogP) is 2.40. The van der Waals surface area contributed by atoms with Crippen LogP contribution in [-0.2, 0) is 9.47 Å². The van der Waals surface area contributed by atoms with Crippen molar-refractivity contribution in [1.29, 1.82) is 10.5 Å². The highest BCUT2D eigenvalue weighted by Crippen LogP contribution is 2.07. The van der Waals surface area contributed by atoms with E-state index in [1.54, 1.807) is 0 Å². The van der Waals surface area contributed by atoms with Crippen LogP contribution < -0.4 is 0 Å². The normalized spacial score (nSPS) is 9.30. The van der Waals surface area contributed by atoms with Gasteiger partial charge in [0.15, 0.2) is 0 Å². The second-order valence-corrected chi connectivity index (χ2v) is 4.36. The van der Waals surface area contributed by atoms with Gasteiger partial charge >= 0.3 is 11.9 Å². The van der Waals surface area contributed by atoms with Gasteiger partial charge in [-0.25, -0.2) is 9.59 Å². The Bertz CT molecular complexity index is 727. The Labute approximate surface area is 132 Å². The highest BCUT2D eigenvalue weighted by atomic mass is 16.7. The van der Waals surface area contributed by atoms with Crippen molar-refractivity contribution in [2.45, 2.75) is 0 Å². The van der Waals surface area contributed by atoms with E-state index >= 15 is 0 Å². The molecule has 0 atom stereocenters. The largest absolute Gasteiger partial charge is 0.424 e. The van der Waals surface area contributed by atoms with Crippen LogP contribution in [0.2, 0.25) is 0 Å². The minimum Gasteiger partial charge on any atom is -0.424 e. The van der Waals surface area contributed by atoms with E-state index in [4.69, 9.17) is 20.0 Å². The van der Waals surface area contributed by atoms with E-state index in [1.807, 2.05) is 12.1 Å². The van der Waals surface area contributed by atoms with Crippen LogP contribution in [0.3, 0.4) is 0 Å². The van der Waals surface area contributed by atoms with Crippen LogP contribution >= 0.6 is 0 Å². The van der Waals surface area contributed by atoms with Crippen LogP contribution in [-0.4, -0.2) is 18.7 Å². The molecule has 0 fully saturated rings. The molecule has 0 saturated carbocycles. The first-order valence-electron chi connectivity index (χ1n) is 6.48. The van der Waals surface area contributed by atoms with Gasteiger partial charge in [0.25, 0.3) is 0 Å². The third-order valence-corrected chi connectivity index (χ3v) is 2.88. The van der Waals surface area contributed by atoms with E-state index in [0.717, 1.165) is 0 Å². The molecular weight excluding hydrogens is 296 g/mol. The van der Waals surface area contributed by atoms with Crippen LogP contribution in [0.4, 0.5) is 0 Å². The molecule has 2 rings (SSSR count). The molecular formula is C17H10N2O4. The highest BCUT2D eigenvalue weighted by molar-refractivity contribution is 5.90. The molecule has 23 heavy (non-hydrogen) atoms. The van der Waals surface area contributed by atoms with Crippen molar-refractivity contribution < 1.29 is 19.1 Å². The maximum atomic E-state index is 11.7.